The number of hydrogen-bond donors (Lipinski definition) is 2. The van der Waals surface area contributed by atoms with Gasteiger partial charge in [-0.2, -0.15) is 0 Å². The van der Waals surface area contributed by atoms with Gasteiger partial charge in [-0.15, -0.1) is 0 Å². The predicted molar refractivity (Wildman–Crippen MR) is 65.0 cm³/mol. The van der Waals surface area contributed by atoms with Crippen molar-refractivity contribution in [2.24, 2.45) is 0 Å². The number of rotatable bonds is 4. The number of nitro benzene ring substituents is 1. The lowest BCUT2D eigenvalue weighted by molar-refractivity contribution is -0.384. The highest BCUT2D eigenvalue weighted by atomic mass is 16.6. The van der Waals surface area contributed by atoms with Gasteiger partial charge in [-0.3, -0.25) is 19.7 Å². The maximum absolute atomic E-state index is 11.6. The van der Waals surface area contributed by atoms with E-state index in [-0.39, 0.29) is 11.6 Å². The molecular weight excluding hydrogens is 238 g/mol. The summed E-state index contributed by atoms with van der Waals surface area (Å²) in [6, 6.07) is 4.87. The number of benzene rings is 1. The van der Waals surface area contributed by atoms with E-state index in [0.29, 0.717) is 5.69 Å². The molecular formula is C11H13N3O4. The third kappa shape index (κ3) is 3.85. The summed E-state index contributed by atoms with van der Waals surface area (Å²) < 4.78 is 0. The van der Waals surface area contributed by atoms with E-state index in [2.05, 4.69) is 10.6 Å². The van der Waals surface area contributed by atoms with Crippen molar-refractivity contribution in [1.29, 1.82) is 0 Å². The summed E-state index contributed by atoms with van der Waals surface area (Å²) in [6.07, 6.45) is 0. The van der Waals surface area contributed by atoms with Crippen molar-refractivity contribution in [2.75, 3.05) is 5.32 Å². The minimum atomic E-state index is -0.707. The Labute approximate surface area is 103 Å². The zero-order chi connectivity index (χ0) is 13.7. The van der Waals surface area contributed by atoms with Crippen LogP contribution in [0.2, 0.25) is 0 Å². The molecule has 1 atom stereocenters. The van der Waals surface area contributed by atoms with Crippen LogP contribution in [0.4, 0.5) is 11.4 Å². The smallest absolute Gasteiger partial charge is 0.271 e. The molecule has 0 bridgehead atoms. The van der Waals surface area contributed by atoms with Crippen LogP contribution in [0.25, 0.3) is 0 Å². The van der Waals surface area contributed by atoms with Crippen LogP contribution in [0.1, 0.15) is 13.8 Å². The fourth-order valence-corrected chi connectivity index (χ4v) is 1.32. The van der Waals surface area contributed by atoms with E-state index in [0.717, 1.165) is 0 Å². The molecule has 1 rings (SSSR count). The summed E-state index contributed by atoms with van der Waals surface area (Å²) in [7, 11) is 0. The van der Waals surface area contributed by atoms with Crippen LogP contribution in [0.15, 0.2) is 24.3 Å². The van der Waals surface area contributed by atoms with Crippen LogP contribution < -0.4 is 10.6 Å². The van der Waals surface area contributed by atoms with Crippen molar-refractivity contribution in [3.8, 4) is 0 Å². The van der Waals surface area contributed by atoms with Gasteiger partial charge in [-0.1, -0.05) is 6.07 Å². The number of hydrogen-bond acceptors (Lipinski definition) is 4. The summed E-state index contributed by atoms with van der Waals surface area (Å²) in [5, 5.41) is 15.5. The van der Waals surface area contributed by atoms with Crippen molar-refractivity contribution >= 4 is 23.2 Å². The van der Waals surface area contributed by atoms with Gasteiger partial charge in [0.25, 0.3) is 5.69 Å². The van der Waals surface area contributed by atoms with E-state index in [1.165, 1.54) is 38.1 Å². The Morgan fingerprint density at radius 2 is 2.06 bits per heavy atom. The first-order valence-electron chi connectivity index (χ1n) is 5.22. The lowest BCUT2D eigenvalue weighted by Crippen LogP contribution is -2.40. The molecule has 0 unspecified atom stereocenters. The van der Waals surface area contributed by atoms with E-state index in [4.69, 9.17) is 0 Å². The number of carbonyl (C=O) groups excluding carboxylic acids is 2. The minimum Gasteiger partial charge on any atom is -0.345 e. The second-order valence-corrected chi connectivity index (χ2v) is 3.72. The van der Waals surface area contributed by atoms with Crippen molar-refractivity contribution < 1.29 is 14.5 Å². The molecule has 18 heavy (non-hydrogen) atoms. The average molecular weight is 251 g/mol. The largest absolute Gasteiger partial charge is 0.345 e. The quantitative estimate of drug-likeness (QED) is 0.617. The first-order chi connectivity index (χ1) is 8.40. The van der Waals surface area contributed by atoms with E-state index in [9.17, 15) is 19.7 Å². The summed E-state index contributed by atoms with van der Waals surface area (Å²) in [5.41, 5.74) is 0.200. The molecule has 1 aromatic rings. The van der Waals surface area contributed by atoms with Gasteiger partial charge < -0.3 is 10.6 Å². The third-order valence-corrected chi connectivity index (χ3v) is 2.14. The van der Waals surface area contributed by atoms with Gasteiger partial charge in [-0.05, 0) is 13.0 Å². The maximum Gasteiger partial charge on any atom is 0.271 e. The van der Waals surface area contributed by atoms with Crippen LogP contribution in [0, 0.1) is 10.1 Å². The highest BCUT2D eigenvalue weighted by molar-refractivity contribution is 5.96. The third-order valence-electron chi connectivity index (χ3n) is 2.14. The molecule has 7 heteroatoms. The molecule has 0 aliphatic heterocycles. The topological polar surface area (TPSA) is 101 Å². The minimum absolute atomic E-state index is 0.111. The molecule has 96 valence electrons. The number of amides is 2. The number of anilines is 1. The molecule has 7 nitrogen and oxygen atoms in total. The zero-order valence-electron chi connectivity index (χ0n) is 9.97. The summed E-state index contributed by atoms with van der Waals surface area (Å²) in [5.74, 6) is -0.762. The first-order valence-corrected chi connectivity index (χ1v) is 5.22. The van der Waals surface area contributed by atoms with Crippen molar-refractivity contribution in [3.05, 3.63) is 34.4 Å². The molecule has 0 aliphatic carbocycles. The molecule has 0 aliphatic rings. The second-order valence-electron chi connectivity index (χ2n) is 3.72. The Balaban J connectivity index is 2.72. The average Bonchev–Trinajstić information content (AvgIpc) is 2.28. The number of carbonyl (C=O) groups is 2. The van der Waals surface area contributed by atoms with Crippen LogP contribution in [-0.2, 0) is 9.59 Å². The summed E-state index contributed by atoms with van der Waals surface area (Å²) in [6.45, 7) is 2.82. The van der Waals surface area contributed by atoms with Crippen molar-refractivity contribution in [1.82, 2.24) is 5.32 Å². The number of nitro groups is 1. The SMILES string of the molecule is CC(=O)N[C@@H](C)C(=O)Nc1cccc([N+](=O)[O-])c1. The fourth-order valence-electron chi connectivity index (χ4n) is 1.32. The molecule has 0 heterocycles. The maximum atomic E-state index is 11.6. The molecule has 0 saturated carbocycles. The Bertz CT molecular complexity index is 487. The highest BCUT2D eigenvalue weighted by Gasteiger charge is 2.14. The molecule has 1 aromatic carbocycles. The standard InChI is InChI=1S/C11H13N3O4/c1-7(12-8(2)15)11(16)13-9-4-3-5-10(6-9)14(17)18/h3-7H,1-2H3,(H,12,15)(H,13,16)/t7-/m0/s1. The van der Waals surface area contributed by atoms with Crippen LogP contribution in [0.5, 0.6) is 0 Å². The fraction of sp³-hybridized carbons (Fsp3) is 0.273. The van der Waals surface area contributed by atoms with Crippen LogP contribution in [0.3, 0.4) is 0 Å². The molecule has 0 aromatic heterocycles. The zero-order valence-corrected chi connectivity index (χ0v) is 9.97. The van der Waals surface area contributed by atoms with Crippen molar-refractivity contribution in [3.63, 3.8) is 0 Å². The number of nitrogens with one attached hydrogen (secondary N) is 2. The van der Waals surface area contributed by atoms with Gasteiger partial charge in [0.1, 0.15) is 6.04 Å². The van der Waals surface area contributed by atoms with Crippen molar-refractivity contribution in [2.45, 2.75) is 19.9 Å². The van der Waals surface area contributed by atoms with Gasteiger partial charge in [0.05, 0.1) is 4.92 Å². The Morgan fingerprint density at radius 1 is 1.39 bits per heavy atom. The van der Waals surface area contributed by atoms with Gasteiger partial charge in [0.15, 0.2) is 0 Å². The van der Waals surface area contributed by atoms with E-state index >= 15 is 0 Å². The van der Waals surface area contributed by atoms with E-state index in [1.807, 2.05) is 0 Å². The molecule has 2 N–H and O–H groups in total. The van der Waals surface area contributed by atoms with Gasteiger partial charge in [-0.25, -0.2) is 0 Å². The van der Waals surface area contributed by atoms with Gasteiger partial charge in [0.2, 0.25) is 11.8 Å². The molecule has 0 spiro atoms. The molecule has 0 fully saturated rings. The van der Waals surface area contributed by atoms with Gasteiger partial charge in [0, 0.05) is 24.7 Å². The monoisotopic (exact) mass is 251 g/mol. The lowest BCUT2D eigenvalue weighted by atomic mass is 10.2. The second kappa shape index (κ2) is 5.76. The predicted octanol–water partition coefficient (Wildman–Crippen LogP) is 1.06. The highest BCUT2D eigenvalue weighted by Crippen LogP contribution is 2.17. The summed E-state index contributed by atoms with van der Waals surface area (Å²) in [4.78, 5) is 32.4. The Morgan fingerprint density at radius 3 is 2.61 bits per heavy atom. The molecule has 2 amide bonds. The van der Waals surface area contributed by atoms with Crippen LogP contribution in [-0.4, -0.2) is 22.8 Å². The van der Waals surface area contributed by atoms with E-state index in [1.54, 1.807) is 0 Å². The molecule has 0 radical (unpaired) electrons. The Hall–Kier alpha value is -2.44. The number of non-ortho nitro benzene ring substituents is 1. The first kappa shape index (κ1) is 13.6. The van der Waals surface area contributed by atoms with Gasteiger partial charge >= 0.3 is 0 Å². The van der Waals surface area contributed by atoms with E-state index < -0.39 is 16.9 Å². The molecule has 0 saturated heterocycles. The lowest BCUT2D eigenvalue weighted by Gasteiger charge is -2.12. The Kier molecular flexibility index (Phi) is 4.36. The summed E-state index contributed by atoms with van der Waals surface area (Å²) >= 11 is 0. The normalized spacial score (nSPS) is 11.4. The number of nitrogens with zero attached hydrogens (tertiary/aromatic N) is 1. The van der Waals surface area contributed by atoms with Crippen LogP contribution >= 0.6 is 0 Å².